The summed E-state index contributed by atoms with van der Waals surface area (Å²) in [5.41, 5.74) is 1.04. The third-order valence-electron chi connectivity index (χ3n) is 6.27. The van der Waals surface area contributed by atoms with Crippen molar-refractivity contribution in [1.29, 1.82) is 0 Å². The second kappa shape index (κ2) is 12.6. The van der Waals surface area contributed by atoms with Crippen LogP contribution < -0.4 is 10.6 Å². The quantitative estimate of drug-likeness (QED) is 0.388. The molecule has 5 nitrogen and oxygen atoms in total. The van der Waals surface area contributed by atoms with Gasteiger partial charge in [0.2, 0.25) is 5.91 Å². The van der Waals surface area contributed by atoms with Crippen LogP contribution in [0.1, 0.15) is 58.9 Å². The molecule has 1 heterocycles. The summed E-state index contributed by atoms with van der Waals surface area (Å²) in [5, 5.41) is 6.69. The molecule has 2 fully saturated rings. The topological polar surface area (TPSA) is 61.4 Å². The molecule has 0 spiro atoms. The van der Waals surface area contributed by atoms with Gasteiger partial charge in [-0.05, 0) is 55.7 Å². The van der Waals surface area contributed by atoms with Gasteiger partial charge in [0.1, 0.15) is 0 Å². The number of nitrogens with one attached hydrogen (secondary N) is 2. The minimum atomic E-state index is -0.0124. The van der Waals surface area contributed by atoms with E-state index in [2.05, 4.69) is 43.2 Å². The van der Waals surface area contributed by atoms with E-state index in [0.717, 1.165) is 62.3 Å². The van der Waals surface area contributed by atoms with Crippen LogP contribution in [0.2, 0.25) is 0 Å². The fraction of sp³-hybridized carbons (Fsp3) is 0.630. The fourth-order valence-electron chi connectivity index (χ4n) is 4.88. The summed E-state index contributed by atoms with van der Waals surface area (Å²) in [4.78, 5) is 28.7. The van der Waals surface area contributed by atoms with Crippen molar-refractivity contribution in [3.05, 3.63) is 40.8 Å². The molecule has 1 aromatic rings. The van der Waals surface area contributed by atoms with Gasteiger partial charge in [-0.3, -0.25) is 9.59 Å². The molecule has 2 amide bonds. The molecule has 182 valence electrons. The van der Waals surface area contributed by atoms with Crippen molar-refractivity contribution in [2.24, 2.45) is 17.8 Å². The minimum Gasteiger partial charge on any atom is -0.356 e. The molecule has 0 radical (unpaired) electrons. The molecule has 6 heteroatoms. The monoisotopic (exact) mass is 471 g/mol. The van der Waals surface area contributed by atoms with Crippen LogP contribution in [0.15, 0.2) is 35.2 Å². The fourth-order valence-corrected chi connectivity index (χ4v) is 6.17. The number of nitrogens with zero attached hydrogens (tertiary/aromatic N) is 1. The van der Waals surface area contributed by atoms with E-state index >= 15 is 0 Å². The first-order valence-corrected chi connectivity index (χ1v) is 13.4. The Morgan fingerprint density at radius 2 is 1.85 bits per heavy atom. The molecule has 1 aliphatic carbocycles. The number of hydrogen-bond donors (Lipinski definition) is 2. The number of thioether (sulfide) groups is 1. The Bertz CT molecular complexity index is 799. The van der Waals surface area contributed by atoms with Crippen molar-refractivity contribution in [2.75, 3.05) is 26.2 Å². The third kappa shape index (κ3) is 8.18. The maximum Gasteiger partial charge on any atom is 0.257 e. The van der Waals surface area contributed by atoms with E-state index in [4.69, 9.17) is 0 Å². The van der Waals surface area contributed by atoms with Gasteiger partial charge in [-0.1, -0.05) is 58.0 Å². The van der Waals surface area contributed by atoms with Gasteiger partial charge < -0.3 is 15.5 Å². The summed E-state index contributed by atoms with van der Waals surface area (Å²) in [7, 11) is 0. The zero-order valence-electron chi connectivity index (χ0n) is 20.7. The molecule has 2 aliphatic rings. The standard InChI is InChI=1S/C27H41N3O2S/c1-19(2)17-30(18-20(3)4)14-8-13-28-26(31)22-11-12-24-23(16-22)29-27(32)25(33-24)15-21-9-6-5-7-10-21/h5-7,9-10,15,19-20,22-24H,8,11-14,16-18H2,1-4H3,(H,28,31)(H,29,32)/b25-15-. The molecule has 2 N–H and O–H groups in total. The number of amides is 2. The van der Waals surface area contributed by atoms with Crippen molar-refractivity contribution in [1.82, 2.24) is 15.5 Å². The highest BCUT2D eigenvalue weighted by molar-refractivity contribution is 8.04. The second-order valence-corrected chi connectivity index (χ2v) is 11.6. The number of hydrogen-bond acceptors (Lipinski definition) is 4. The highest BCUT2D eigenvalue weighted by Gasteiger charge is 2.39. The van der Waals surface area contributed by atoms with Gasteiger partial charge in [-0.2, -0.15) is 0 Å². The Balaban J connectivity index is 1.44. The summed E-state index contributed by atoms with van der Waals surface area (Å²) in [6.07, 6.45) is 5.53. The van der Waals surface area contributed by atoms with Crippen molar-refractivity contribution >= 4 is 29.7 Å². The highest BCUT2D eigenvalue weighted by Crippen LogP contribution is 2.39. The van der Waals surface area contributed by atoms with E-state index in [0.29, 0.717) is 17.1 Å². The Hall–Kier alpha value is -1.79. The zero-order chi connectivity index (χ0) is 23.8. The molecular formula is C27H41N3O2S. The molecule has 3 unspecified atom stereocenters. The predicted octanol–water partition coefficient (Wildman–Crippen LogP) is 4.55. The third-order valence-corrected chi connectivity index (χ3v) is 7.69. The van der Waals surface area contributed by atoms with Crippen LogP contribution in [-0.2, 0) is 9.59 Å². The van der Waals surface area contributed by atoms with E-state index in [1.807, 2.05) is 36.4 Å². The Morgan fingerprint density at radius 1 is 1.15 bits per heavy atom. The van der Waals surface area contributed by atoms with Gasteiger partial charge in [0, 0.05) is 36.8 Å². The molecule has 1 aliphatic heterocycles. The normalized spacial score (nSPS) is 24.3. The Morgan fingerprint density at radius 3 is 2.52 bits per heavy atom. The number of rotatable bonds is 10. The van der Waals surface area contributed by atoms with E-state index < -0.39 is 0 Å². The summed E-state index contributed by atoms with van der Waals surface area (Å²) in [6.45, 7) is 13.0. The van der Waals surface area contributed by atoms with Gasteiger partial charge in [-0.25, -0.2) is 0 Å². The Kier molecular flexibility index (Phi) is 9.87. The van der Waals surface area contributed by atoms with Gasteiger partial charge in [0.25, 0.3) is 5.91 Å². The van der Waals surface area contributed by atoms with E-state index in [1.165, 1.54) is 0 Å². The molecule has 33 heavy (non-hydrogen) atoms. The number of benzene rings is 1. The summed E-state index contributed by atoms with van der Waals surface area (Å²) < 4.78 is 0. The zero-order valence-corrected chi connectivity index (χ0v) is 21.5. The van der Waals surface area contributed by atoms with Crippen LogP contribution in [-0.4, -0.2) is 54.2 Å². The van der Waals surface area contributed by atoms with E-state index in [1.54, 1.807) is 11.8 Å². The van der Waals surface area contributed by atoms with Gasteiger partial charge >= 0.3 is 0 Å². The molecule has 1 saturated carbocycles. The number of carbonyl (C=O) groups excluding carboxylic acids is 2. The van der Waals surface area contributed by atoms with Crippen molar-refractivity contribution in [3.63, 3.8) is 0 Å². The Labute approximate surface area is 204 Å². The van der Waals surface area contributed by atoms with Crippen LogP contribution in [0, 0.1) is 17.8 Å². The molecule has 0 aromatic heterocycles. The average Bonchev–Trinajstić information content (AvgIpc) is 2.76. The first-order chi connectivity index (χ1) is 15.8. The van der Waals surface area contributed by atoms with Crippen molar-refractivity contribution in [2.45, 2.75) is 64.7 Å². The van der Waals surface area contributed by atoms with Gasteiger partial charge in [0.15, 0.2) is 0 Å². The summed E-state index contributed by atoms with van der Waals surface area (Å²) in [6, 6.07) is 10.0. The largest absolute Gasteiger partial charge is 0.356 e. The second-order valence-electron chi connectivity index (χ2n) is 10.4. The predicted molar refractivity (Wildman–Crippen MR) is 139 cm³/mol. The lowest BCUT2D eigenvalue weighted by atomic mass is 9.84. The summed E-state index contributed by atoms with van der Waals surface area (Å²) in [5.74, 6) is 1.44. The lowest BCUT2D eigenvalue weighted by molar-refractivity contribution is -0.127. The molecule has 3 rings (SSSR count). The molecular weight excluding hydrogens is 430 g/mol. The number of carbonyl (C=O) groups is 2. The van der Waals surface area contributed by atoms with Crippen LogP contribution in [0.4, 0.5) is 0 Å². The first-order valence-electron chi connectivity index (χ1n) is 12.6. The molecule has 3 atom stereocenters. The molecule has 1 saturated heterocycles. The maximum absolute atomic E-state index is 12.8. The lowest BCUT2D eigenvalue weighted by Gasteiger charge is -2.39. The van der Waals surface area contributed by atoms with E-state index in [9.17, 15) is 9.59 Å². The first kappa shape index (κ1) is 25.8. The van der Waals surface area contributed by atoms with Crippen LogP contribution in [0.25, 0.3) is 6.08 Å². The van der Waals surface area contributed by atoms with Crippen molar-refractivity contribution < 1.29 is 9.59 Å². The molecule has 1 aromatic carbocycles. The van der Waals surface area contributed by atoms with Crippen LogP contribution >= 0.6 is 11.8 Å². The maximum atomic E-state index is 12.8. The smallest absolute Gasteiger partial charge is 0.257 e. The molecule has 0 bridgehead atoms. The average molecular weight is 472 g/mol. The van der Waals surface area contributed by atoms with Gasteiger partial charge in [-0.15, -0.1) is 11.8 Å². The number of fused-ring (bicyclic) bond motifs is 1. The van der Waals surface area contributed by atoms with E-state index in [-0.39, 0.29) is 23.8 Å². The summed E-state index contributed by atoms with van der Waals surface area (Å²) >= 11 is 1.68. The lowest BCUT2D eigenvalue weighted by Crippen LogP contribution is -2.51. The minimum absolute atomic E-state index is 0.00534. The van der Waals surface area contributed by atoms with Gasteiger partial charge in [0.05, 0.1) is 4.91 Å². The van der Waals surface area contributed by atoms with Crippen LogP contribution in [0.5, 0.6) is 0 Å². The SMILES string of the molecule is CC(C)CN(CCCNC(=O)C1CCC2S/C(=C\c3ccccc3)C(=O)NC2C1)CC(C)C. The highest BCUT2D eigenvalue weighted by atomic mass is 32.2. The van der Waals surface area contributed by atoms with Crippen molar-refractivity contribution in [3.8, 4) is 0 Å². The van der Waals surface area contributed by atoms with Crippen LogP contribution in [0.3, 0.4) is 0 Å².